The van der Waals surface area contributed by atoms with Crippen molar-refractivity contribution in [3.8, 4) is 0 Å². The molecule has 0 saturated carbocycles. The van der Waals surface area contributed by atoms with E-state index in [-0.39, 0.29) is 12.0 Å². The van der Waals surface area contributed by atoms with Crippen molar-refractivity contribution < 1.29 is 23.5 Å². The maximum atomic E-state index is 13.1. The molecule has 0 bridgehead atoms. The van der Waals surface area contributed by atoms with Crippen molar-refractivity contribution in [3.05, 3.63) is 71.3 Å². The van der Waals surface area contributed by atoms with E-state index in [1.807, 2.05) is 0 Å². The van der Waals surface area contributed by atoms with Crippen LogP contribution in [0.2, 0.25) is 0 Å². The van der Waals surface area contributed by atoms with Gasteiger partial charge in [-0.25, -0.2) is 8.78 Å². The molecule has 1 unspecified atom stereocenters. The zero-order valence-electron chi connectivity index (χ0n) is 11.4. The van der Waals surface area contributed by atoms with Gasteiger partial charge < -0.3 is 10.4 Å². The summed E-state index contributed by atoms with van der Waals surface area (Å²) in [5, 5.41) is 11.4. The second kappa shape index (κ2) is 6.80. The molecule has 114 valence electrons. The van der Waals surface area contributed by atoms with E-state index in [9.17, 15) is 18.4 Å². The van der Waals surface area contributed by atoms with E-state index in [1.54, 1.807) is 30.3 Å². The Kier molecular flexibility index (Phi) is 4.83. The van der Waals surface area contributed by atoms with E-state index in [1.165, 1.54) is 0 Å². The fourth-order valence-electron chi connectivity index (χ4n) is 2.04. The molecule has 0 fully saturated rings. The number of aliphatic carboxylic acids is 1. The summed E-state index contributed by atoms with van der Waals surface area (Å²) in [7, 11) is 0. The van der Waals surface area contributed by atoms with E-state index in [4.69, 9.17) is 5.11 Å². The summed E-state index contributed by atoms with van der Waals surface area (Å²) < 4.78 is 26.3. The Balaban J connectivity index is 2.23. The number of hydrogen-bond donors (Lipinski definition) is 2. The summed E-state index contributed by atoms with van der Waals surface area (Å²) in [5.74, 6) is -3.59. The first kappa shape index (κ1) is 15.6. The quantitative estimate of drug-likeness (QED) is 0.892. The number of carbonyl (C=O) groups excluding carboxylic acids is 1. The molecule has 0 saturated heterocycles. The molecule has 0 aliphatic rings. The second-order valence-corrected chi connectivity index (χ2v) is 4.69. The summed E-state index contributed by atoms with van der Waals surface area (Å²) in [6, 6.07) is 10.1. The third-order valence-electron chi connectivity index (χ3n) is 3.01. The molecule has 1 atom stereocenters. The van der Waals surface area contributed by atoms with Gasteiger partial charge in [0.25, 0.3) is 5.91 Å². The zero-order chi connectivity index (χ0) is 16.1. The van der Waals surface area contributed by atoms with E-state index in [2.05, 4.69) is 5.32 Å². The van der Waals surface area contributed by atoms with Crippen LogP contribution in [0.15, 0.2) is 48.5 Å². The first-order valence-electron chi connectivity index (χ1n) is 6.49. The number of hydrogen-bond acceptors (Lipinski definition) is 2. The largest absolute Gasteiger partial charge is 0.481 e. The first-order valence-corrected chi connectivity index (χ1v) is 6.49. The smallest absolute Gasteiger partial charge is 0.305 e. The average molecular weight is 305 g/mol. The van der Waals surface area contributed by atoms with Crippen molar-refractivity contribution in [2.24, 2.45) is 0 Å². The fourth-order valence-corrected chi connectivity index (χ4v) is 2.04. The topological polar surface area (TPSA) is 66.4 Å². The van der Waals surface area contributed by atoms with Crippen LogP contribution in [-0.4, -0.2) is 17.0 Å². The molecule has 2 aromatic rings. The van der Waals surface area contributed by atoms with Crippen molar-refractivity contribution in [1.82, 2.24) is 5.32 Å². The van der Waals surface area contributed by atoms with Crippen LogP contribution in [-0.2, 0) is 4.79 Å². The molecule has 6 heteroatoms. The van der Waals surface area contributed by atoms with Crippen molar-refractivity contribution in [1.29, 1.82) is 0 Å². The van der Waals surface area contributed by atoms with Gasteiger partial charge in [-0.15, -0.1) is 0 Å². The molecule has 0 heterocycles. The molecule has 2 N–H and O–H groups in total. The molecule has 0 aromatic heterocycles. The molecule has 0 aliphatic carbocycles. The minimum Gasteiger partial charge on any atom is -0.481 e. The van der Waals surface area contributed by atoms with Crippen LogP contribution in [0.5, 0.6) is 0 Å². The lowest BCUT2D eigenvalue weighted by Gasteiger charge is -2.17. The number of rotatable bonds is 5. The highest BCUT2D eigenvalue weighted by atomic mass is 19.1. The predicted octanol–water partition coefficient (Wildman–Crippen LogP) is 2.91. The summed E-state index contributed by atoms with van der Waals surface area (Å²) in [5.41, 5.74) is 0.388. The number of halogens is 2. The number of carboxylic acids is 1. The van der Waals surface area contributed by atoms with Crippen LogP contribution in [0, 0.1) is 11.6 Å². The molecule has 2 aromatic carbocycles. The molecule has 0 spiro atoms. The van der Waals surface area contributed by atoms with Crippen LogP contribution < -0.4 is 5.32 Å². The molecule has 1 amide bonds. The zero-order valence-corrected chi connectivity index (χ0v) is 11.4. The fraction of sp³-hybridized carbons (Fsp3) is 0.125. The predicted molar refractivity (Wildman–Crippen MR) is 75.3 cm³/mol. The second-order valence-electron chi connectivity index (χ2n) is 4.69. The number of carbonyl (C=O) groups is 2. The normalized spacial score (nSPS) is 11.7. The first-order chi connectivity index (χ1) is 10.5. The van der Waals surface area contributed by atoms with Crippen LogP contribution in [0.3, 0.4) is 0 Å². The van der Waals surface area contributed by atoms with E-state index >= 15 is 0 Å². The number of carboxylic acid groups (broad SMARTS) is 1. The van der Waals surface area contributed by atoms with Gasteiger partial charge in [-0.05, 0) is 17.7 Å². The van der Waals surface area contributed by atoms with Gasteiger partial charge in [0, 0.05) is 11.6 Å². The number of nitrogens with one attached hydrogen (secondary N) is 1. The SMILES string of the molecule is O=C(O)CC(NC(=O)c1cc(F)cc(F)c1)c1ccccc1. The molecule has 2 rings (SSSR count). The van der Waals surface area contributed by atoms with Crippen LogP contribution in [0.4, 0.5) is 8.78 Å². The van der Waals surface area contributed by atoms with Crippen LogP contribution in [0.25, 0.3) is 0 Å². The molecule has 0 aliphatic heterocycles. The van der Waals surface area contributed by atoms with Crippen molar-refractivity contribution in [2.75, 3.05) is 0 Å². The summed E-state index contributed by atoms with van der Waals surface area (Å²) in [6.07, 6.45) is -0.340. The Morgan fingerprint density at radius 3 is 2.18 bits per heavy atom. The van der Waals surface area contributed by atoms with Gasteiger partial charge in [-0.1, -0.05) is 30.3 Å². The van der Waals surface area contributed by atoms with Gasteiger partial charge in [0.1, 0.15) is 11.6 Å². The molecular weight excluding hydrogens is 292 g/mol. The van der Waals surface area contributed by atoms with Gasteiger partial charge in [0.2, 0.25) is 0 Å². The Morgan fingerprint density at radius 2 is 1.64 bits per heavy atom. The van der Waals surface area contributed by atoms with Gasteiger partial charge in [-0.2, -0.15) is 0 Å². The van der Waals surface area contributed by atoms with Crippen LogP contribution >= 0.6 is 0 Å². The Morgan fingerprint density at radius 1 is 1.05 bits per heavy atom. The van der Waals surface area contributed by atoms with E-state index in [0.717, 1.165) is 12.1 Å². The monoisotopic (exact) mass is 305 g/mol. The lowest BCUT2D eigenvalue weighted by Crippen LogP contribution is -2.30. The molecule has 0 radical (unpaired) electrons. The minimum atomic E-state index is -1.10. The molecule has 4 nitrogen and oxygen atoms in total. The van der Waals surface area contributed by atoms with Crippen molar-refractivity contribution >= 4 is 11.9 Å². The molecule has 22 heavy (non-hydrogen) atoms. The molecular formula is C16H13F2NO3. The highest BCUT2D eigenvalue weighted by molar-refractivity contribution is 5.94. The maximum absolute atomic E-state index is 13.1. The Bertz CT molecular complexity index is 669. The lowest BCUT2D eigenvalue weighted by molar-refractivity contribution is -0.137. The third-order valence-corrected chi connectivity index (χ3v) is 3.01. The van der Waals surface area contributed by atoms with Gasteiger partial charge >= 0.3 is 5.97 Å². The minimum absolute atomic E-state index is 0.205. The lowest BCUT2D eigenvalue weighted by atomic mass is 10.0. The highest BCUT2D eigenvalue weighted by Crippen LogP contribution is 2.18. The number of benzene rings is 2. The Labute approximate surface area is 125 Å². The Hall–Kier alpha value is -2.76. The standard InChI is InChI=1S/C16H13F2NO3/c17-12-6-11(7-13(18)8-12)16(22)19-14(9-15(20)21)10-4-2-1-3-5-10/h1-8,14H,9H2,(H,19,22)(H,20,21). The maximum Gasteiger partial charge on any atom is 0.305 e. The third kappa shape index (κ3) is 4.12. The van der Waals surface area contributed by atoms with E-state index < -0.39 is 29.6 Å². The van der Waals surface area contributed by atoms with Gasteiger partial charge in [-0.3, -0.25) is 9.59 Å². The van der Waals surface area contributed by atoms with E-state index in [0.29, 0.717) is 11.6 Å². The van der Waals surface area contributed by atoms with Gasteiger partial charge in [0.05, 0.1) is 12.5 Å². The van der Waals surface area contributed by atoms with Crippen LogP contribution in [0.1, 0.15) is 28.4 Å². The highest BCUT2D eigenvalue weighted by Gasteiger charge is 2.19. The summed E-state index contributed by atoms with van der Waals surface area (Å²) in [6.45, 7) is 0. The average Bonchev–Trinajstić information content (AvgIpc) is 2.46. The number of amides is 1. The van der Waals surface area contributed by atoms with Gasteiger partial charge in [0.15, 0.2) is 0 Å². The van der Waals surface area contributed by atoms with Crippen molar-refractivity contribution in [3.63, 3.8) is 0 Å². The van der Waals surface area contributed by atoms with Crippen molar-refractivity contribution in [2.45, 2.75) is 12.5 Å². The summed E-state index contributed by atoms with van der Waals surface area (Å²) in [4.78, 5) is 23.0. The summed E-state index contributed by atoms with van der Waals surface area (Å²) >= 11 is 0.